The van der Waals surface area contributed by atoms with E-state index in [1.165, 1.54) is 6.26 Å². The lowest BCUT2D eigenvalue weighted by Gasteiger charge is -2.15. The molecule has 0 saturated heterocycles. The van der Waals surface area contributed by atoms with Crippen molar-refractivity contribution in [3.05, 3.63) is 24.2 Å². The third-order valence-corrected chi connectivity index (χ3v) is 2.69. The fourth-order valence-corrected chi connectivity index (χ4v) is 1.72. The highest BCUT2D eigenvalue weighted by Crippen LogP contribution is 2.32. The van der Waals surface area contributed by atoms with E-state index in [1.807, 2.05) is 0 Å². The van der Waals surface area contributed by atoms with Crippen molar-refractivity contribution < 1.29 is 9.21 Å². The molecule has 3 N–H and O–H groups in total. The van der Waals surface area contributed by atoms with E-state index in [1.54, 1.807) is 12.1 Å². The van der Waals surface area contributed by atoms with E-state index < -0.39 is 0 Å². The Balaban J connectivity index is 2.00. The highest BCUT2D eigenvalue weighted by Gasteiger charge is 2.34. The van der Waals surface area contributed by atoms with E-state index >= 15 is 0 Å². The maximum Gasteiger partial charge on any atom is 0.287 e. The molecule has 80 valence electrons. The number of hydrogen-bond donors (Lipinski definition) is 2. The Labute approximate surface area is 92.8 Å². The molecule has 4 nitrogen and oxygen atoms in total. The molecule has 0 aliphatic heterocycles. The first kappa shape index (κ1) is 10.2. The molecule has 1 aromatic heterocycles. The lowest BCUT2D eigenvalue weighted by molar-refractivity contribution is 0.0916. The van der Waals surface area contributed by atoms with Crippen LogP contribution in [0.4, 0.5) is 0 Å². The number of hydrogen-bond acceptors (Lipinski definition) is 3. The maximum absolute atomic E-state index is 11.6. The van der Waals surface area contributed by atoms with Gasteiger partial charge in [0.2, 0.25) is 0 Å². The fraction of sp³-hybridized carbons (Fsp3) is 0.400. The van der Waals surface area contributed by atoms with E-state index in [4.69, 9.17) is 22.4 Å². The minimum atomic E-state index is -0.260. The molecule has 1 amide bonds. The molecular weight excluding hydrogens is 212 g/mol. The topological polar surface area (TPSA) is 68.3 Å². The monoisotopic (exact) mass is 224 g/mol. The predicted octanol–water partition coefficient (Wildman–Crippen LogP) is 1.07. The molecule has 1 unspecified atom stereocenters. The Morgan fingerprint density at radius 1 is 1.67 bits per heavy atom. The van der Waals surface area contributed by atoms with Crippen molar-refractivity contribution >= 4 is 23.1 Å². The van der Waals surface area contributed by atoms with Gasteiger partial charge in [-0.2, -0.15) is 0 Å². The average Bonchev–Trinajstić information content (AvgIpc) is 2.87. The van der Waals surface area contributed by atoms with Crippen molar-refractivity contribution in [2.75, 3.05) is 0 Å². The Hall–Kier alpha value is -1.36. The first-order chi connectivity index (χ1) is 7.18. The molecule has 1 saturated carbocycles. The molecule has 1 heterocycles. The second-order valence-electron chi connectivity index (χ2n) is 3.67. The highest BCUT2D eigenvalue weighted by atomic mass is 32.1. The quantitative estimate of drug-likeness (QED) is 0.751. The fourth-order valence-electron chi connectivity index (χ4n) is 1.47. The van der Waals surface area contributed by atoms with Crippen molar-refractivity contribution in [3.8, 4) is 0 Å². The zero-order valence-corrected chi connectivity index (χ0v) is 8.92. The predicted molar refractivity (Wildman–Crippen MR) is 59.5 cm³/mol. The molecule has 15 heavy (non-hydrogen) atoms. The molecule has 1 aliphatic rings. The summed E-state index contributed by atoms with van der Waals surface area (Å²) in [7, 11) is 0. The van der Waals surface area contributed by atoms with Gasteiger partial charge in [-0.3, -0.25) is 4.79 Å². The summed E-state index contributed by atoms with van der Waals surface area (Å²) in [6, 6.07) is 3.08. The van der Waals surface area contributed by atoms with Gasteiger partial charge in [0.15, 0.2) is 5.76 Å². The van der Waals surface area contributed by atoms with E-state index in [0.717, 1.165) is 12.8 Å². The molecule has 1 aromatic rings. The van der Waals surface area contributed by atoms with Gasteiger partial charge in [-0.15, -0.1) is 0 Å². The Morgan fingerprint density at radius 3 is 2.87 bits per heavy atom. The number of carbonyl (C=O) groups excluding carboxylic acids is 1. The van der Waals surface area contributed by atoms with Crippen LogP contribution in [0.5, 0.6) is 0 Å². The number of nitrogens with two attached hydrogens (primary N) is 1. The van der Waals surface area contributed by atoms with Crippen LogP contribution in [0.2, 0.25) is 0 Å². The zero-order valence-electron chi connectivity index (χ0n) is 8.10. The van der Waals surface area contributed by atoms with Gasteiger partial charge in [0.1, 0.15) is 0 Å². The van der Waals surface area contributed by atoms with E-state index in [0.29, 0.717) is 10.9 Å². The Morgan fingerprint density at radius 2 is 2.40 bits per heavy atom. The lowest BCUT2D eigenvalue weighted by atomic mass is 10.2. The largest absolute Gasteiger partial charge is 0.459 e. The van der Waals surface area contributed by atoms with Gasteiger partial charge in [0, 0.05) is 0 Å². The van der Waals surface area contributed by atoms with Crippen molar-refractivity contribution in [2.45, 2.75) is 18.9 Å². The molecule has 0 radical (unpaired) electrons. The summed E-state index contributed by atoms with van der Waals surface area (Å²) in [5, 5.41) is 2.78. The normalized spacial score (nSPS) is 17.1. The maximum atomic E-state index is 11.6. The summed E-state index contributed by atoms with van der Waals surface area (Å²) in [5.41, 5.74) is 5.57. The molecule has 1 aliphatic carbocycles. The molecule has 0 bridgehead atoms. The van der Waals surface area contributed by atoms with Gasteiger partial charge in [-0.05, 0) is 30.9 Å². The van der Waals surface area contributed by atoms with Gasteiger partial charge in [-0.1, -0.05) is 12.2 Å². The van der Waals surface area contributed by atoms with E-state index in [2.05, 4.69) is 5.32 Å². The summed E-state index contributed by atoms with van der Waals surface area (Å²) < 4.78 is 4.98. The Kier molecular flexibility index (Phi) is 2.73. The number of carbonyl (C=O) groups is 1. The molecule has 1 fully saturated rings. The second kappa shape index (κ2) is 4.02. The van der Waals surface area contributed by atoms with Crippen LogP contribution in [-0.2, 0) is 0 Å². The molecular formula is C10H12N2O2S. The summed E-state index contributed by atoms with van der Waals surface area (Å²) in [5.74, 6) is 0.433. The van der Waals surface area contributed by atoms with Crippen molar-refractivity contribution in [3.63, 3.8) is 0 Å². The van der Waals surface area contributed by atoms with E-state index in [-0.39, 0.29) is 17.7 Å². The zero-order chi connectivity index (χ0) is 10.8. The van der Waals surface area contributed by atoms with Crippen molar-refractivity contribution in [1.82, 2.24) is 5.32 Å². The summed E-state index contributed by atoms with van der Waals surface area (Å²) in [6.45, 7) is 0. The molecule has 0 spiro atoms. The van der Waals surface area contributed by atoms with Crippen molar-refractivity contribution in [2.24, 2.45) is 11.7 Å². The van der Waals surface area contributed by atoms with Crippen LogP contribution in [0.15, 0.2) is 22.8 Å². The molecule has 2 rings (SSSR count). The standard InChI is InChI=1S/C10H12N2O2S/c11-9(15)8(6-3-4-6)12-10(13)7-2-1-5-14-7/h1-2,5-6,8H,3-4H2,(H2,11,15)(H,12,13). The van der Waals surface area contributed by atoms with Crippen LogP contribution in [0.1, 0.15) is 23.4 Å². The minimum Gasteiger partial charge on any atom is -0.459 e. The van der Waals surface area contributed by atoms with Gasteiger partial charge >= 0.3 is 0 Å². The number of rotatable bonds is 4. The molecule has 1 atom stereocenters. The molecule has 5 heteroatoms. The average molecular weight is 224 g/mol. The first-order valence-electron chi connectivity index (χ1n) is 4.82. The number of thiocarbonyl (C=S) groups is 1. The summed E-state index contributed by atoms with van der Waals surface area (Å²) in [6.07, 6.45) is 3.60. The highest BCUT2D eigenvalue weighted by molar-refractivity contribution is 7.80. The SMILES string of the molecule is NC(=S)C(NC(=O)c1ccco1)C1CC1. The van der Waals surface area contributed by atoms with Crippen LogP contribution in [-0.4, -0.2) is 16.9 Å². The summed E-state index contributed by atoms with van der Waals surface area (Å²) >= 11 is 4.91. The first-order valence-corrected chi connectivity index (χ1v) is 5.23. The minimum absolute atomic E-state index is 0.197. The van der Waals surface area contributed by atoms with Crippen LogP contribution < -0.4 is 11.1 Å². The van der Waals surface area contributed by atoms with Crippen LogP contribution in [0, 0.1) is 5.92 Å². The summed E-state index contributed by atoms with van der Waals surface area (Å²) in [4.78, 5) is 12.0. The van der Waals surface area contributed by atoms with Crippen molar-refractivity contribution in [1.29, 1.82) is 0 Å². The molecule has 0 aromatic carbocycles. The lowest BCUT2D eigenvalue weighted by Crippen LogP contribution is -2.44. The second-order valence-corrected chi connectivity index (χ2v) is 4.14. The van der Waals surface area contributed by atoms with Crippen LogP contribution in [0.25, 0.3) is 0 Å². The van der Waals surface area contributed by atoms with Crippen LogP contribution >= 0.6 is 12.2 Å². The number of nitrogens with one attached hydrogen (secondary N) is 1. The van der Waals surface area contributed by atoms with E-state index in [9.17, 15) is 4.79 Å². The number of furan rings is 1. The van der Waals surface area contributed by atoms with Gasteiger partial charge in [0.05, 0.1) is 17.3 Å². The third kappa shape index (κ3) is 2.36. The van der Waals surface area contributed by atoms with Gasteiger partial charge < -0.3 is 15.5 Å². The third-order valence-electron chi connectivity index (χ3n) is 2.43. The number of amides is 1. The van der Waals surface area contributed by atoms with Gasteiger partial charge in [-0.25, -0.2) is 0 Å². The van der Waals surface area contributed by atoms with Crippen LogP contribution in [0.3, 0.4) is 0 Å². The smallest absolute Gasteiger partial charge is 0.287 e. The Bertz CT molecular complexity index is 371. The van der Waals surface area contributed by atoms with Gasteiger partial charge in [0.25, 0.3) is 5.91 Å².